The van der Waals surface area contributed by atoms with Crippen LogP contribution >= 0.6 is 11.3 Å². The van der Waals surface area contributed by atoms with E-state index in [1.165, 1.54) is 0 Å². The molecule has 5 nitrogen and oxygen atoms in total. The molecular formula is C22H25N3O2S. The number of amides is 1. The highest BCUT2D eigenvalue weighted by Crippen LogP contribution is 2.24. The van der Waals surface area contributed by atoms with Crippen LogP contribution < -0.4 is 5.32 Å². The first-order valence-corrected chi connectivity index (χ1v) is 10.7. The second-order valence-electron chi connectivity index (χ2n) is 7.24. The number of carbonyl (C=O) groups is 1. The van der Waals surface area contributed by atoms with Gasteiger partial charge in [-0.3, -0.25) is 9.69 Å². The molecule has 28 heavy (non-hydrogen) atoms. The topological polar surface area (TPSA) is 58.4 Å². The van der Waals surface area contributed by atoms with Crippen molar-refractivity contribution in [3.05, 3.63) is 58.8 Å². The van der Waals surface area contributed by atoms with Crippen LogP contribution in [-0.4, -0.2) is 28.9 Å². The summed E-state index contributed by atoms with van der Waals surface area (Å²) in [5, 5.41) is 5.10. The number of hydrogen-bond donors (Lipinski definition) is 1. The number of furan rings is 1. The van der Waals surface area contributed by atoms with Crippen molar-refractivity contribution in [2.75, 3.05) is 18.4 Å². The SMILES string of the molecule is CCc1ccc(CN2CCC[C@@H](C(=O)Nc3ccc(-c4cscn4)cc3)C2)o1. The summed E-state index contributed by atoms with van der Waals surface area (Å²) < 4.78 is 5.82. The lowest BCUT2D eigenvalue weighted by atomic mass is 9.97. The van der Waals surface area contributed by atoms with Gasteiger partial charge in [-0.05, 0) is 43.7 Å². The summed E-state index contributed by atoms with van der Waals surface area (Å²) in [6.07, 6.45) is 2.87. The Morgan fingerprint density at radius 3 is 2.79 bits per heavy atom. The van der Waals surface area contributed by atoms with Gasteiger partial charge in [0.05, 0.1) is 23.7 Å². The second-order valence-corrected chi connectivity index (χ2v) is 7.95. The number of nitrogens with zero attached hydrogens (tertiary/aromatic N) is 2. The number of likely N-dealkylation sites (tertiary alicyclic amines) is 1. The molecular weight excluding hydrogens is 370 g/mol. The maximum Gasteiger partial charge on any atom is 0.228 e. The summed E-state index contributed by atoms with van der Waals surface area (Å²) in [4.78, 5) is 19.4. The molecule has 0 bridgehead atoms. The number of rotatable bonds is 6. The highest BCUT2D eigenvalue weighted by Gasteiger charge is 2.26. The minimum Gasteiger partial charge on any atom is -0.465 e. The molecule has 0 radical (unpaired) electrons. The predicted molar refractivity (Wildman–Crippen MR) is 112 cm³/mol. The summed E-state index contributed by atoms with van der Waals surface area (Å²) in [6, 6.07) is 12.0. The van der Waals surface area contributed by atoms with Crippen LogP contribution in [0.5, 0.6) is 0 Å². The van der Waals surface area contributed by atoms with Crippen molar-refractivity contribution in [1.82, 2.24) is 9.88 Å². The zero-order valence-electron chi connectivity index (χ0n) is 16.1. The zero-order chi connectivity index (χ0) is 19.3. The van der Waals surface area contributed by atoms with Crippen LogP contribution in [0.3, 0.4) is 0 Å². The van der Waals surface area contributed by atoms with E-state index in [-0.39, 0.29) is 11.8 Å². The highest BCUT2D eigenvalue weighted by atomic mass is 32.1. The smallest absolute Gasteiger partial charge is 0.228 e. The molecule has 1 saturated heterocycles. The van der Waals surface area contributed by atoms with Crippen LogP contribution in [0.1, 0.15) is 31.3 Å². The monoisotopic (exact) mass is 395 g/mol. The highest BCUT2D eigenvalue weighted by molar-refractivity contribution is 7.07. The molecule has 2 aromatic heterocycles. The number of nitrogens with one attached hydrogen (secondary N) is 1. The molecule has 4 rings (SSSR count). The number of piperidine rings is 1. The van der Waals surface area contributed by atoms with Gasteiger partial charge in [-0.25, -0.2) is 4.98 Å². The number of anilines is 1. The molecule has 1 N–H and O–H groups in total. The van der Waals surface area contributed by atoms with E-state index in [0.29, 0.717) is 0 Å². The molecule has 6 heteroatoms. The number of carbonyl (C=O) groups excluding carboxylic acids is 1. The van der Waals surface area contributed by atoms with Crippen LogP contribution in [0.25, 0.3) is 11.3 Å². The van der Waals surface area contributed by atoms with E-state index >= 15 is 0 Å². The third kappa shape index (κ3) is 4.51. The van der Waals surface area contributed by atoms with Gasteiger partial charge in [-0.15, -0.1) is 11.3 Å². The Labute approximate surface area is 169 Å². The summed E-state index contributed by atoms with van der Waals surface area (Å²) >= 11 is 1.58. The number of aromatic nitrogens is 1. The van der Waals surface area contributed by atoms with Crippen LogP contribution in [0.4, 0.5) is 5.69 Å². The molecule has 0 aliphatic carbocycles. The van der Waals surface area contributed by atoms with Crippen molar-refractivity contribution in [3.63, 3.8) is 0 Å². The Morgan fingerprint density at radius 1 is 1.25 bits per heavy atom. The fourth-order valence-electron chi connectivity index (χ4n) is 3.65. The van der Waals surface area contributed by atoms with Gasteiger partial charge < -0.3 is 9.73 Å². The number of benzene rings is 1. The van der Waals surface area contributed by atoms with Crippen molar-refractivity contribution in [1.29, 1.82) is 0 Å². The van der Waals surface area contributed by atoms with E-state index in [0.717, 1.165) is 67.4 Å². The normalized spacial score (nSPS) is 17.5. The average molecular weight is 396 g/mol. The molecule has 0 spiro atoms. The van der Waals surface area contributed by atoms with Crippen LogP contribution in [0.2, 0.25) is 0 Å². The Morgan fingerprint density at radius 2 is 2.07 bits per heavy atom. The molecule has 0 unspecified atom stereocenters. The van der Waals surface area contributed by atoms with E-state index < -0.39 is 0 Å². The fourth-order valence-corrected chi connectivity index (χ4v) is 4.22. The summed E-state index contributed by atoms with van der Waals surface area (Å²) in [7, 11) is 0. The van der Waals surface area contributed by atoms with E-state index in [1.807, 2.05) is 47.3 Å². The van der Waals surface area contributed by atoms with Gasteiger partial charge in [0, 0.05) is 29.6 Å². The predicted octanol–water partition coefficient (Wildman–Crippen LogP) is 4.82. The van der Waals surface area contributed by atoms with Crippen molar-refractivity contribution < 1.29 is 9.21 Å². The van der Waals surface area contributed by atoms with Gasteiger partial charge in [0.2, 0.25) is 5.91 Å². The van der Waals surface area contributed by atoms with Crippen LogP contribution in [0.15, 0.2) is 51.7 Å². The maximum absolute atomic E-state index is 12.8. The summed E-state index contributed by atoms with van der Waals surface area (Å²) in [6.45, 7) is 4.64. The van der Waals surface area contributed by atoms with Gasteiger partial charge in [0.15, 0.2) is 0 Å². The van der Waals surface area contributed by atoms with Gasteiger partial charge in [0.1, 0.15) is 11.5 Å². The Kier molecular flexibility index (Phi) is 5.88. The summed E-state index contributed by atoms with van der Waals surface area (Å²) in [5.41, 5.74) is 4.69. The molecule has 1 aliphatic rings. The molecule has 3 heterocycles. The fraction of sp³-hybridized carbons (Fsp3) is 0.364. The van der Waals surface area contributed by atoms with E-state index in [2.05, 4.69) is 22.1 Å². The third-order valence-corrected chi connectivity index (χ3v) is 5.79. The second kappa shape index (κ2) is 8.71. The average Bonchev–Trinajstić information content (AvgIpc) is 3.41. The lowest BCUT2D eigenvalue weighted by Gasteiger charge is -2.31. The van der Waals surface area contributed by atoms with Crippen molar-refractivity contribution in [2.24, 2.45) is 5.92 Å². The standard InChI is InChI=1S/C22H25N3O2S/c1-2-19-9-10-20(27-19)13-25-11-3-4-17(12-25)22(26)24-18-7-5-16(6-8-18)21-14-28-15-23-21/h5-10,14-15,17H,2-4,11-13H2,1H3,(H,24,26)/t17-/m1/s1. The first-order chi connectivity index (χ1) is 13.7. The Bertz CT molecular complexity index is 902. The number of thiazole rings is 1. The molecule has 1 atom stereocenters. The zero-order valence-corrected chi connectivity index (χ0v) is 16.9. The van der Waals surface area contributed by atoms with Crippen LogP contribution in [0, 0.1) is 5.92 Å². The van der Waals surface area contributed by atoms with Crippen molar-refractivity contribution in [3.8, 4) is 11.3 Å². The lowest BCUT2D eigenvalue weighted by Crippen LogP contribution is -2.40. The molecule has 1 aliphatic heterocycles. The van der Waals surface area contributed by atoms with Crippen molar-refractivity contribution >= 4 is 22.9 Å². The minimum absolute atomic E-state index is 0.00701. The van der Waals surface area contributed by atoms with Gasteiger partial charge in [0.25, 0.3) is 0 Å². The van der Waals surface area contributed by atoms with Crippen molar-refractivity contribution in [2.45, 2.75) is 32.7 Å². The first-order valence-electron chi connectivity index (χ1n) is 9.80. The third-order valence-electron chi connectivity index (χ3n) is 5.20. The lowest BCUT2D eigenvalue weighted by molar-refractivity contribution is -0.121. The van der Waals surface area contributed by atoms with E-state index in [1.54, 1.807) is 11.3 Å². The molecule has 0 saturated carbocycles. The maximum atomic E-state index is 12.8. The van der Waals surface area contributed by atoms with Gasteiger partial charge in [-0.2, -0.15) is 0 Å². The first kappa shape index (κ1) is 18.9. The molecule has 146 valence electrons. The van der Waals surface area contributed by atoms with E-state index in [4.69, 9.17) is 4.42 Å². The molecule has 1 fully saturated rings. The van der Waals surface area contributed by atoms with Crippen LogP contribution in [-0.2, 0) is 17.8 Å². The molecule has 3 aromatic rings. The number of hydrogen-bond acceptors (Lipinski definition) is 5. The Hall–Kier alpha value is -2.44. The largest absolute Gasteiger partial charge is 0.465 e. The molecule has 1 aromatic carbocycles. The minimum atomic E-state index is 0.00701. The van der Waals surface area contributed by atoms with Gasteiger partial charge >= 0.3 is 0 Å². The summed E-state index contributed by atoms with van der Waals surface area (Å²) in [5.74, 6) is 2.10. The van der Waals surface area contributed by atoms with Gasteiger partial charge in [-0.1, -0.05) is 19.1 Å². The quantitative estimate of drug-likeness (QED) is 0.650. The Balaban J connectivity index is 1.33. The molecule has 1 amide bonds. The van der Waals surface area contributed by atoms with E-state index in [9.17, 15) is 4.79 Å². The number of aryl methyl sites for hydroxylation is 1.